The second kappa shape index (κ2) is 8.91. The van der Waals surface area contributed by atoms with Gasteiger partial charge in [-0.2, -0.15) is 0 Å². The van der Waals surface area contributed by atoms with Crippen LogP contribution in [0, 0.1) is 5.92 Å². The van der Waals surface area contributed by atoms with Gasteiger partial charge in [0.2, 0.25) is 0 Å². The number of nitrogens with one attached hydrogen (secondary N) is 1. The minimum Gasteiger partial charge on any atom is -0.508 e. The molecule has 29 heavy (non-hydrogen) atoms. The van der Waals surface area contributed by atoms with Crippen LogP contribution < -0.4 is 11.1 Å². The molecule has 0 saturated carbocycles. The fourth-order valence-electron chi connectivity index (χ4n) is 3.20. The van der Waals surface area contributed by atoms with E-state index in [0.717, 1.165) is 29.7 Å². The predicted molar refractivity (Wildman–Crippen MR) is 111 cm³/mol. The zero-order valence-electron chi connectivity index (χ0n) is 15.9. The van der Waals surface area contributed by atoms with Crippen molar-refractivity contribution >= 4 is 40.2 Å². The number of amides is 2. The predicted octanol–water partition coefficient (Wildman–Crippen LogP) is 2.87. The molecule has 0 fully saturated rings. The van der Waals surface area contributed by atoms with Crippen LogP contribution in [0.5, 0.6) is 5.75 Å². The van der Waals surface area contributed by atoms with Crippen LogP contribution in [-0.2, 0) is 27.2 Å². The zero-order valence-corrected chi connectivity index (χ0v) is 16.8. The molecule has 0 bridgehead atoms. The molecule has 1 aromatic heterocycles. The van der Waals surface area contributed by atoms with Gasteiger partial charge in [0.05, 0.1) is 5.56 Å². The number of carbonyl (C=O) groups is 3. The summed E-state index contributed by atoms with van der Waals surface area (Å²) < 4.78 is 4.94. The number of esters is 1. The van der Waals surface area contributed by atoms with Gasteiger partial charge in [-0.05, 0) is 54.5 Å². The largest absolute Gasteiger partial charge is 0.508 e. The van der Waals surface area contributed by atoms with E-state index in [2.05, 4.69) is 12.2 Å². The number of hydrogen-bond acceptors (Lipinski definition) is 6. The molecule has 1 aromatic carbocycles. The molecule has 2 amide bonds. The number of phenolic OH excluding ortho intramolecular Hbond substituents is 1. The van der Waals surface area contributed by atoms with Gasteiger partial charge in [-0.25, -0.2) is 4.79 Å². The van der Waals surface area contributed by atoms with Crippen molar-refractivity contribution in [3.05, 3.63) is 51.9 Å². The summed E-state index contributed by atoms with van der Waals surface area (Å²) in [5, 5.41) is 12.3. The van der Waals surface area contributed by atoms with Gasteiger partial charge in [0.1, 0.15) is 10.8 Å². The number of benzene rings is 1. The number of ether oxygens (including phenoxy) is 1. The number of rotatable bonds is 6. The fraction of sp³-hybridized carbons (Fsp3) is 0.286. The normalized spacial score (nSPS) is 15.7. The number of phenols is 1. The molecule has 4 N–H and O–H groups in total. The van der Waals surface area contributed by atoms with Crippen molar-refractivity contribution in [2.24, 2.45) is 11.7 Å². The Labute approximate surface area is 172 Å². The highest BCUT2D eigenvalue weighted by Gasteiger charge is 2.27. The van der Waals surface area contributed by atoms with E-state index in [1.807, 2.05) is 0 Å². The molecule has 3 rings (SSSR count). The Bertz CT molecular complexity index is 962. The van der Waals surface area contributed by atoms with Crippen LogP contribution in [0.2, 0.25) is 0 Å². The van der Waals surface area contributed by atoms with E-state index in [0.29, 0.717) is 22.0 Å². The van der Waals surface area contributed by atoms with E-state index in [4.69, 9.17) is 10.5 Å². The molecule has 1 atom stereocenters. The van der Waals surface area contributed by atoms with E-state index in [1.165, 1.54) is 35.6 Å². The Morgan fingerprint density at radius 2 is 2.03 bits per heavy atom. The van der Waals surface area contributed by atoms with Crippen LogP contribution in [0.1, 0.15) is 39.7 Å². The third-order valence-electron chi connectivity index (χ3n) is 4.66. The van der Waals surface area contributed by atoms with Crippen LogP contribution >= 0.6 is 11.3 Å². The summed E-state index contributed by atoms with van der Waals surface area (Å²) in [6, 6.07) is 6.26. The molecule has 0 radical (unpaired) electrons. The van der Waals surface area contributed by atoms with E-state index in [-0.39, 0.29) is 5.75 Å². The molecule has 2 aromatic rings. The first-order valence-corrected chi connectivity index (χ1v) is 10.0. The van der Waals surface area contributed by atoms with Crippen molar-refractivity contribution in [1.29, 1.82) is 0 Å². The number of thiophene rings is 1. The number of hydrogen-bond donors (Lipinski definition) is 3. The first-order chi connectivity index (χ1) is 13.8. The summed E-state index contributed by atoms with van der Waals surface area (Å²) in [4.78, 5) is 37.0. The van der Waals surface area contributed by atoms with Crippen LogP contribution in [0.4, 0.5) is 5.00 Å². The Morgan fingerprint density at radius 3 is 2.72 bits per heavy atom. The van der Waals surface area contributed by atoms with Gasteiger partial charge in [0, 0.05) is 11.0 Å². The standard InChI is InChI=1S/C21H22N2O5S/c1-12-2-8-15-16(10-12)29-21(19(15)20(22)27)23-17(25)11-28-18(26)9-5-13-3-6-14(24)7-4-13/h3-7,9,12,24H,2,8,10-11H2,1H3,(H2,22,27)(H,23,25)/b9-5+/t12-/m1/s1. The van der Waals surface area contributed by atoms with Crippen molar-refractivity contribution in [2.45, 2.75) is 26.2 Å². The van der Waals surface area contributed by atoms with E-state index in [1.54, 1.807) is 12.1 Å². The lowest BCUT2D eigenvalue weighted by molar-refractivity contribution is -0.142. The second-order valence-electron chi connectivity index (χ2n) is 7.00. The Balaban J connectivity index is 1.59. The maximum absolute atomic E-state index is 12.2. The summed E-state index contributed by atoms with van der Waals surface area (Å²) in [6.07, 6.45) is 5.30. The third-order valence-corrected chi connectivity index (χ3v) is 5.83. The van der Waals surface area contributed by atoms with Crippen molar-refractivity contribution in [3.8, 4) is 5.75 Å². The highest BCUT2D eigenvalue weighted by atomic mass is 32.1. The average molecular weight is 414 g/mol. The van der Waals surface area contributed by atoms with Gasteiger partial charge in [0.25, 0.3) is 11.8 Å². The van der Waals surface area contributed by atoms with Gasteiger partial charge in [0.15, 0.2) is 6.61 Å². The monoisotopic (exact) mass is 414 g/mol. The van der Waals surface area contributed by atoms with Gasteiger partial charge < -0.3 is 20.9 Å². The molecule has 8 heteroatoms. The minimum atomic E-state index is -0.678. The average Bonchev–Trinajstić information content (AvgIpc) is 3.02. The highest BCUT2D eigenvalue weighted by Crippen LogP contribution is 2.39. The molecule has 0 saturated heterocycles. The fourth-order valence-corrected chi connectivity index (χ4v) is 4.63. The summed E-state index contributed by atoms with van der Waals surface area (Å²) >= 11 is 1.36. The molecule has 152 valence electrons. The first-order valence-electron chi connectivity index (χ1n) is 9.21. The van der Waals surface area contributed by atoms with Gasteiger partial charge in [-0.1, -0.05) is 19.1 Å². The van der Waals surface area contributed by atoms with E-state index >= 15 is 0 Å². The lowest BCUT2D eigenvalue weighted by Gasteiger charge is -2.18. The number of carbonyl (C=O) groups excluding carboxylic acids is 3. The van der Waals surface area contributed by atoms with Gasteiger partial charge in [-0.15, -0.1) is 11.3 Å². The molecule has 1 heterocycles. The van der Waals surface area contributed by atoms with Crippen molar-refractivity contribution in [1.82, 2.24) is 0 Å². The molecule has 0 spiro atoms. The van der Waals surface area contributed by atoms with E-state index in [9.17, 15) is 19.5 Å². The molecule has 1 aliphatic carbocycles. The van der Waals surface area contributed by atoms with Gasteiger partial charge >= 0.3 is 5.97 Å². The Morgan fingerprint density at radius 1 is 1.31 bits per heavy atom. The Kier molecular flexibility index (Phi) is 6.33. The maximum atomic E-state index is 12.2. The topological polar surface area (TPSA) is 119 Å². The molecule has 1 aliphatic rings. The summed E-state index contributed by atoms with van der Waals surface area (Å²) in [5.74, 6) is -1.14. The number of primary amides is 1. The minimum absolute atomic E-state index is 0.126. The summed E-state index contributed by atoms with van der Waals surface area (Å²) in [6.45, 7) is 1.67. The third kappa shape index (κ3) is 5.23. The van der Waals surface area contributed by atoms with Crippen molar-refractivity contribution in [3.63, 3.8) is 0 Å². The Hall–Kier alpha value is -3.13. The lowest BCUT2D eigenvalue weighted by atomic mass is 9.88. The summed E-state index contributed by atoms with van der Waals surface area (Å²) in [5.41, 5.74) is 7.51. The number of aromatic hydroxyl groups is 1. The van der Waals surface area contributed by atoms with E-state index < -0.39 is 24.4 Å². The molecule has 0 aliphatic heterocycles. The molecular formula is C21H22N2O5S. The first kappa shape index (κ1) is 20.6. The second-order valence-corrected chi connectivity index (χ2v) is 8.11. The van der Waals surface area contributed by atoms with Gasteiger partial charge in [-0.3, -0.25) is 9.59 Å². The molecule has 7 nitrogen and oxygen atoms in total. The van der Waals surface area contributed by atoms with Crippen molar-refractivity contribution < 1.29 is 24.2 Å². The molecule has 0 unspecified atom stereocenters. The quantitative estimate of drug-likeness (QED) is 0.496. The zero-order chi connectivity index (χ0) is 21.0. The number of anilines is 1. The van der Waals surface area contributed by atoms with Crippen LogP contribution in [0.3, 0.4) is 0 Å². The number of fused-ring (bicyclic) bond motifs is 1. The maximum Gasteiger partial charge on any atom is 0.331 e. The highest BCUT2D eigenvalue weighted by molar-refractivity contribution is 7.17. The van der Waals surface area contributed by atoms with Crippen LogP contribution in [-0.4, -0.2) is 29.5 Å². The number of nitrogens with two attached hydrogens (primary N) is 1. The molecular weight excluding hydrogens is 392 g/mol. The van der Waals surface area contributed by atoms with Crippen molar-refractivity contribution in [2.75, 3.05) is 11.9 Å². The van der Waals surface area contributed by atoms with Crippen LogP contribution in [0.15, 0.2) is 30.3 Å². The SMILES string of the molecule is C[C@@H]1CCc2c(sc(NC(=O)COC(=O)/C=C/c3ccc(O)cc3)c2C(N)=O)C1. The summed E-state index contributed by atoms with van der Waals surface area (Å²) in [7, 11) is 0. The smallest absolute Gasteiger partial charge is 0.331 e. The lowest BCUT2D eigenvalue weighted by Crippen LogP contribution is -2.22. The van der Waals surface area contributed by atoms with Crippen LogP contribution in [0.25, 0.3) is 6.08 Å².